The number of hydrogen-bond donors (Lipinski definition) is 0. The van der Waals surface area contributed by atoms with E-state index in [9.17, 15) is 0 Å². The molecular formula is C31H17Br2CoN3O2. The fourth-order valence-electron chi connectivity index (χ4n) is 4.68. The van der Waals surface area contributed by atoms with Gasteiger partial charge in [-0.2, -0.15) is 0 Å². The Morgan fingerprint density at radius 3 is 1.44 bits per heavy atom. The molecular weight excluding hydrogens is 665 g/mol. The van der Waals surface area contributed by atoms with Gasteiger partial charge in [-0.05, 0) is 59.5 Å². The Kier molecular flexibility index (Phi) is 6.95. The van der Waals surface area contributed by atoms with Crippen molar-refractivity contribution in [1.29, 1.82) is 0 Å². The van der Waals surface area contributed by atoms with E-state index in [1.165, 1.54) is 0 Å². The van der Waals surface area contributed by atoms with E-state index in [-0.39, 0.29) is 16.8 Å². The normalized spacial score (nSPS) is 11.1. The van der Waals surface area contributed by atoms with Crippen LogP contribution < -0.4 is 0 Å². The van der Waals surface area contributed by atoms with E-state index in [0.29, 0.717) is 23.2 Å². The van der Waals surface area contributed by atoms with Crippen molar-refractivity contribution >= 4 is 53.4 Å². The first-order valence-corrected chi connectivity index (χ1v) is 13.5. The van der Waals surface area contributed by atoms with Crippen LogP contribution >= 0.6 is 31.9 Å². The molecule has 0 aliphatic rings. The quantitative estimate of drug-likeness (QED) is 0.185. The van der Waals surface area contributed by atoms with E-state index in [0.717, 1.165) is 53.0 Å². The van der Waals surface area contributed by atoms with E-state index < -0.39 is 0 Å². The number of fused-ring (bicyclic) bond motifs is 2. The topological polar surface area (TPSA) is 65.0 Å². The fourth-order valence-corrected chi connectivity index (χ4v) is 5.96. The zero-order valence-electron chi connectivity index (χ0n) is 20.1. The molecule has 0 aliphatic heterocycles. The van der Waals surface area contributed by atoms with Crippen molar-refractivity contribution in [1.82, 2.24) is 15.0 Å². The molecule has 3 heterocycles. The summed E-state index contributed by atoms with van der Waals surface area (Å²) in [5.41, 5.74) is 4.59. The maximum absolute atomic E-state index is 5.92. The van der Waals surface area contributed by atoms with Gasteiger partial charge in [0.1, 0.15) is 35.3 Å². The molecule has 0 fully saturated rings. The van der Waals surface area contributed by atoms with Crippen LogP contribution in [0.4, 0.5) is 0 Å². The van der Waals surface area contributed by atoms with Crippen molar-refractivity contribution in [3.05, 3.63) is 112 Å². The smallest absolute Gasteiger partial charge is 0.246 e. The summed E-state index contributed by atoms with van der Waals surface area (Å²) in [5, 5.41) is 4.51. The van der Waals surface area contributed by atoms with Gasteiger partial charge < -0.3 is 8.83 Å². The summed E-state index contributed by atoms with van der Waals surface area (Å²) in [7, 11) is 0. The van der Waals surface area contributed by atoms with Crippen molar-refractivity contribution < 1.29 is 25.6 Å². The standard InChI is InChI=1S/C31H17Br2N3O2.Co/c32-24-15-25(33)29(31-35-27(17-38-31)23-14-6-10-19-8-2-4-12-21(19)23)36-28(24)30-34-26(16-37-30)22-13-5-9-18-7-1-3-11-20(18)22;/h1-17H;. The Labute approximate surface area is 250 Å². The molecule has 4 aromatic carbocycles. The van der Waals surface area contributed by atoms with Gasteiger partial charge in [0.15, 0.2) is 0 Å². The van der Waals surface area contributed by atoms with E-state index in [2.05, 4.69) is 68.3 Å². The van der Waals surface area contributed by atoms with E-state index in [4.69, 9.17) is 23.8 Å². The van der Waals surface area contributed by atoms with Gasteiger partial charge in [-0.3, -0.25) is 0 Å². The summed E-state index contributed by atoms with van der Waals surface area (Å²) >= 11 is 7.24. The molecule has 3 aromatic heterocycles. The number of benzene rings is 4. The van der Waals surface area contributed by atoms with Crippen LogP contribution in [0, 0.1) is 0 Å². The number of pyridine rings is 1. The second-order valence-corrected chi connectivity index (χ2v) is 10.5. The molecule has 0 saturated heterocycles. The van der Waals surface area contributed by atoms with Gasteiger partial charge in [-0.1, -0.05) is 84.9 Å². The van der Waals surface area contributed by atoms with E-state index in [1.54, 1.807) is 12.5 Å². The third-order valence-corrected chi connectivity index (χ3v) is 7.68. The fraction of sp³-hybridized carbons (Fsp3) is 0. The molecule has 0 spiro atoms. The largest absolute Gasteiger partial charge is 0.443 e. The van der Waals surface area contributed by atoms with Crippen LogP contribution in [0.5, 0.6) is 0 Å². The first kappa shape index (κ1) is 25.7. The second kappa shape index (κ2) is 10.5. The van der Waals surface area contributed by atoms with Crippen molar-refractivity contribution in [3.63, 3.8) is 0 Å². The number of aromatic nitrogens is 3. The summed E-state index contributed by atoms with van der Waals surface area (Å²) in [6.45, 7) is 0. The van der Waals surface area contributed by atoms with Crippen molar-refractivity contribution in [3.8, 4) is 45.7 Å². The third kappa shape index (κ3) is 4.63. The monoisotopic (exact) mass is 680 g/mol. The van der Waals surface area contributed by atoms with Gasteiger partial charge >= 0.3 is 0 Å². The summed E-state index contributed by atoms with van der Waals surface area (Å²) in [5.74, 6) is 0.795. The van der Waals surface area contributed by atoms with Gasteiger partial charge in [-0.15, -0.1) is 0 Å². The molecule has 0 N–H and O–H groups in total. The zero-order valence-corrected chi connectivity index (χ0v) is 24.3. The predicted molar refractivity (Wildman–Crippen MR) is 157 cm³/mol. The van der Waals surface area contributed by atoms with E-state index >= 15 is 0 Å². The minimum atomic E-state index is 0. The summed E-state index contributed by atoms with van der Waals surface area (Å²) in [6, 6.07) is 30.6. The van der Waals surface area contributed by atoms with Crippen LogP contribution in [0.25, 0.3) is 67.2 Å². The van der Waals surface area contributed by atoms with E-state index in [1.807, 2.05) is 54.6 Å². The minimum absolute atomic E-state index is 0. The van der Waals surface area contributed by atoms with Gasteiger partial charge in [0.25, 0.3) is 0 Å². The average molecular weight is 682 g/mol. The van der Waals surface area contributed by atoms with Crippen molar-refractivity contribution in [2.75, 3.05) is 0 Å². The molecule has 39 heavy (non-hydrogen) atoms. The molecule has 8 heteroatoms. The van der Waals surface area contributed by atoms with Crippen LogP contribution in [0.2, 0.25) is 0 Å². The zero-order chi connectivity index (χ0) is 25.6. The molecule has 0 aliphatic carbocycles. The van der Waals surface area contributed by atoms with Crippen LogP contribution in [-0.4, -0.2) is 15.0 Å². The number of nitrogens with zero attached hydrogens (tertiary/aromatic N) is 3. The van der Waals surface area contributed by atoms with Crippen LogP contribution in [0.1, 0.15) is 0 Å². The van der Waals surface area contributed by atoms with Crippen LogP contribution in [0.15, 0.2) is 121 Å². The van der Waals surface area contributed by atoms with Gasteiger partial charge in [0.2, 0.25) is 11.8 Å². The van der Waals surface area contributed by atoms with Crippen LogP contribution in [-0.2, 0) is 16.8 Å². The maximum atomic E-state index is 5.92. The Balaban J connectivity index is 0.00000277. The number of rotatable bonds is 4. The number of oxazole rings is 2. The predicted octanol–water partition coefficient (Wildman–Crippen LogP) is 9.55. The molecule has 0 bridgehead atoms. The van der Waals surface area contributed by atoms with Gasteiger partial charge in [0, 0.05) is 36.9 Å². The maximum Gasteiger partial charge on any atom is 0.246 e. The Hall–Kier alpha value is -3.56. The SMILES string of the molecule is Brc1cc(Br)c(-c2nc(-c3cccc4ccccc34)co2)nc1-c1nc(-c2cccc3ccccc23)co1.[Co]. The third-order valence-electron chi connectivity index (χ3n) is 6.47. The van der Waals surface area contributed by atoms with Crippen molar-refractivity contribution in [2.45, 2.75) is 0 Å². The molecule has 1 radical (unpaired) electrons. The average Bonchev–Trinajstić information content (AvgIpc) is 3.63. The minimum Gasteiger partial charge on any atom is -0.443 e. The number of hydrogen-bond acceptors (Lipinski definition) is 5. The molecule has 0 amide bonds. The molecule has 0 saturated carbocycles. The molecule has 191 valence electrons. The van der Waals surface area contributed by atoms with Gasteiger partial charge in [0.05, 0.1) is 0 Å². The molecule has 7 aromatic rings. The Morgan fingerprint density at radius 2 is 0.949 bits per heavy atom. The molecule has 0 unspecified atom stereocenters. The first-order chi connectivity index (χ1) is 18.7. The first-order valence-electron chi connectivity index (χ1n) is 11.9. The van der Waals surface area contributed by atoms with Crippen LogP contribution in [0.3, 0.4) is 0 Å². The summed E-state index contributed by atoms with van der Waals surface area (Å²) < 4.78 is 13.3. The molecule has 0 atom stereocenters. The molecule has 5 nitrogen and oxygen atoms in total. The summed E-state index contributed by atoms with van der Waals surface area (Å²) in [4.78, 5) is 14.4. The van der Waals surface area contributed by atoms with Gasteiger partial charge in [-0.25, -0.2) is 15.0 Å². The number of halogens is 2. The summed E-state index contributed by atoms with van der Waals surface area (Å²) in [6.07, 6.45) is 3.33. The molecule has 7 rings (SSSR count). The van der Waals surface area contributed by atoms with Crippen molar-refractivity contribution in [2.24, 2.45) is 0 Å². The Morgan fingerprint density at radius 1 is 0.513 bits per heavy atom. The second-order valence-electron chi connectivity index (χ2n) is 8.78. The Bertz CT molecular complexity index is 1830.